The molecule has 2 aliphatic carbocycles. The minimum absolute atomic E-state index is 0.122. The molecule has 2 saturated carbocycles. The lowest BCUT2D eigenvalue weighted by atomic mass is 9.58. The van der Waals surface area contributed by atoms with E-state index in [-0.39, 0.29) is 11.3 Å². The number of ether oxygens (including phenoxy) is 1. The number of nitrogens with one attached hydrogen (secondary N) is 1. The van der Waals surface area contributed by atoms with Crippen LogP contribution in [-0.2, 0) is 9.53 Å². The Morgan fingerprint density at radius 3 is 2.30 bits per heavy atom. The van der Waals surface area contributed by atoms with Gasteiger partial charge in [0.05, 0.1) is 12.0 Å². The molecule has 0 aromatic heterocycles. The summed E-state index contributed by atoms with van der Waals surface area (Å²) in [6, 6.07) is 1.03. The molecule has 0 aliphatic heterocycles. The fraction of sp³-hybridized carbons (Fsp3) is 0.938. The van der Waals surface area contributed by atoms with Gasteiger partial charge in [-0.25, -0.2) is 0 Å². The summed E-state index contributed by atoms with van der Waals surface area (Å²) in [5.74, 6) is -0.744. The van der Waals surface area contributed by atoms with Gasteiger partial charge < -0.3 is 15.2 Å². The van der Waals surface area contributed by atoms with E-state index in [0.717, 1.165) is 44.9 Å². The predicted molar refractivity (Wildman–Crippen MR) is 78.7 cm³/mol. The number of methoxy groups -OCH3 is 1. The zero-order valence-corrected chi connectivity index (χ0v) is 13.0. The summed E-state index contributed by atoms with van der Waals surface area (Å²) in [7, 11) is 1.82. The summed E-state index contributed by atoms with van der Waals surface area (Å²) in [6.07, 6.45) is 7.39. The molecule has 2 fully saturated rings. The van der Waals surface area contributed by atoms with E-state index in [1.54, 1.807) is 0 Å². The van der Waals surface area contributed by atoms with E-state index >= 15 is 0 Å². The fourth-order valence-corrected chi connectivity index (χ4v) is 4.30. The molecular weight excluding hydrogens is 254 g/mol. The summed E-state index contributed by atoms with van der Waals surface area (Å²) in [5, 5.41) is 12.9. The van der Waals surface area contributed by atoms with Gasteiger partial charge in [-0.2, -0.15) is 0 Å². The molecule has 0 aromatic rings. The van der Waals surface area contributed by atoms with Crippen LogP contribution in [0.25, 0.3) is 0 Å². The Kier molecular flexibility index (Phi) is 5.08. The normalized spacial score (nSPS) is 36.4. The number of hydrogen-bond donors (Lipinski definition) is 2. The molecule has 0 amide bonds. The fourth-order valence-electron chi connectivity index (χ4n) is 4.30. The number of aliphatic carboxylic acids is 1. The first-order valence-corrected chi connectivity index (χ1v) is 8.09. The molecule has 0 bridgehead atoms. The average Bonchev–Trinajstić information content (AvgIpc) is 2.45. The predicted octanol–water partition coefficient (Wildman–Crippen LogP) is 2.81. The van der Waals surface area contributed by atoms with Gasteiger partial charge in [-0.15, -0.1) is 0 Å². The van der Waals surface area contributed by atoms with Crippen LogP contribution in [0.3, 0.4) is 0 Å². The van der Waals surface area contributed by atoms with Crippen LogP contribution in [0.1, 0.15) is 58.8 Å². The number of rotatable bonds is 6. The van der Waals surface area contributed by atoms with Crippen molar-refractivity contribution >= 4 is 5.97 Å². The quantitative estimate of drug-likeness (QED) is 0.787. The highest BCUT2D eigenvalue weighted by molar-refractivity contribution is 5.70. The van der Waals surface area contributed by atoms with Crippen molar-refractivity contribution in [1.82, 2.24) is 5.32 Å². The highest BCUT2D eigenvalue weighted by atomic mass is 16.5. The molecule has 2 rings (SSSR count). The molecule has 4 nitrogen and oxygen atoms in total. The Morgan fingerprint density at radius 1 is 1.25 bits per heavy atom. The molecule has 0 aromatic carbocycles. The van der Waals surface area contributed by atoms with Crippen molar-refractivity contribution in [2.75, 3.05) is 7.11 Å². The smallest absolute Gasteiger partial charge is 0.306 e. The highest BCUT2D eigenvalue weighted by Crippen LogP contribution is 2.49. The molecular formula is C16H29NO3. The second kappa shape index (κ2) is 6.44. The van der Waals surface area contributed by atoms with E-state index < -0.39 is 5.97 Å². The van der Waals surface area contributed by atoms with Gasteiger partial charge in [-0.3, -0.25) is 4.79 Å². The van der Waals surface area contributed by atoms with Crippen molar-refractivity contribution < 1.29 is 14.6 Å². The molecule has 2 unspecified atom stereocenters. The lowest BCUT2D eigenvalue weighted by molar-refractivity contribution is -0.143. The second-order valence-corrected chi connectivity index (χ2v) is 6.51. The van der Waals surface area contributed by atoms with Gasteiger partial charge in [0.1, 0.15) is 0 Å². The van der Waals surface area contributed by atoms with E-state index in [4.69, 9.17) is 9.84 Å². The van der Waals surface area contributed by atoms with Gasteiger partial charge in [0.25, 0.3) is 0 Å². The third kappa shape index (κ3) is 2.73. The van der Waals surface area contributed by atoms with Crippen molar-refractivity contribution in [3.8, 4) is 0 Å². The minimum atomic E-state index is -0.622. The third-order valence-corrected chi connectivity index (χ3v) is 5.90. The summed E-state index contributed by atoms with van der Waals surface area (Å²) in [4.78, 5) is 11.0. The van der Waals surface area contributed by atoms with Crippen molar-refractivity contribution in [1.29, 1.82) is 0 Å². The Labute approximate surface area is 122 Å². The van der Waals surface area contributed by atoms with Crippen molar-refractivity contribution in [2.24, 2.45) is 11.3 Å². The topological polar surface area (TPSA) is 58.6 Å². The van der Waals surface area contributed by atoms with Gasteiger partial charge in [0.2, 0.25) is 0 Å². The van der Waals surface area contributed by atoms with Gasteiger partial charge in [0.15, 0.2) is 0 Å². The Morgan fingerprint density at radius 2 is 1.85 bits per heavy atom. The minimum Gasteiger partial charge on any atom is -0.481 e. The van der Waals surface area contributed by atoms with Crippen LogP contribution < -0.4 is 5.32 Å². The highest BCUT2D eigenvalue weighted by Gasteiger charge is 2.53. The second-order valence-electron chi connectivity index (χ2n) is 6.51. The van der Waals surface area contributed by atoms with Crippen LogP contribution in [0.5, 0.6) is 0 Å². The number of carbonyl (C=O) groups is 1. The van der Waals surface area contributed by atoms with Crippen molar-refractivity contribution in [3.63, 3.8) is 0 Å². The average molecular weight is 283 g/mol. The molecule has 4 heteroatoms. The SMILES string of the molecule is CCC1(CC)C(NC2CCC(C(=O)O)CC2)CC1OC. The van der Waals surface area contributed by atoms with E-state index in [1.807, 2.05) is 7.11 Å². The maximum Gasteiger partial charge on any atom is 0.306 e. The number of hydrogen-bond acceptors (Lipinski definition) is 3. The molecule has 2 aliphatic rings. The third-order valence-electron chi connectivity index (χ3n) is 5.90. The van der Waals surface area contributed by atoms with E-state index in [1.165, 1.54) is 0 Å². The summed E-state index contributed by atoms with van der Waals surface area (Å²) in [6.45, 7) is 4.51. The van der Waals surface area contributed by atoms with Crippen LogP contribution in [0.2, 0.25) is 0 Å². The van der Waals surface area contributed by atoms with E-state index in [0.29, 0.717) is 18.2 Å². The Hall–Kier alpha value is -0.610. The molecule has 0 saturated heterocycles. The zero-order chi connectivity index (χ0) is 14.8. The molecule has 0 heterocycles. The maximum atomic E-state index is 11.0. The molecule has 20 heavy (non-hydrogen) atoms. The lowest BCUT2D eigenvalue weighted by Crippen LogP contribution is -2.65. The summed E-state index contributed by atoms with van der Waals surface area (Å²) >= 11 is 0. The Bertz CT molecular complexity index is 333. The molecule has 2 N–H and O–H groups in total. The maximum absolute atomic E-state index is 11.0. The van der Waals surface area contributed by atoms with Gasteiger partial charge in [-0.1, -0.05) is 13.8 Å². The monoisotopic (exact) mass is 283 g/mol. The van der Waals surface area contributed by atoms with Crippen LogP contribution >= 0.6 is 0 Å². The summed E-state index contributed by atoms with van der Waals surface area (Å²) < 4.78 is 5.63. The molecule has 0 spiro atoms. The molecule has 0 radical (unpaired) electrons. The molecule has 116 valence electrons. The van der Waals surface area contributed by atoms with E-state index in [2.05, 4.69) is 19.2 Å². The number of carboxylic acid groups (broad SMARTS) is 1. The molecule has 2 atom stereocenters. The van der Waals surface area contributed by atoms with Gasteiger partial charge >= 0.3 is 5.97 Å². The first-order chi connectivity index (χ1) is 9.57. The van der Waals surface area contributed by atoms with Gasteiger partial charge in [-0.05, 0) is 44.9 Å². The number of carboxylic acids is 1. The Balaban J connectivity index is 1.87. The van der Waals surface area contributed by atoms with Gasteiger partial charge in [0, 0.05) is 24.6 Å². The van der Waals surface area contributed by atoms with Crippen LogP contribution in [-0.4, -0.2) is 36.4 Å². The van der Waals surface area contributed by atoms with Crippen molar-refractivity contribution in [2.45, 2.75) is 77.0 Å². The van der Waals surface area contributed by atoms with E-state index in [9.17, 15) is 4.79 Å². The van der Waals surface area contributed by atoms with Crippen LogP contribution in [0, 0.1) is 11.3 Å². The van der Waals surface area contributed by atoms with Crippen molar-refractivity contribution in [3.05, 3.63) is 0 Å². The first-order valence-electron chi connectivity index (χ1n) is 8.09. The first kappa shape index (κ1) is 15.8. The summed E-state index contributed by atoms with van der Waals surface area (Å²) in [5.41, 5.74) is 0.276. The lowest BCUT2D eigenvalue weighted by Gasteiger charge is -2.56. The largest absolute Gasteiger partial charge is 0.481 e. The van der Waals surface area contributed by atoms with Crippen LogP contribution in [0.15, 0.2) is 0 Å². The zero-order valence-electron chi connectivity index (χ0n) is 13.0. The standard InChI is InChI=1S/C16H29NO3/c1-4-16(5-2)13(10-14(16)20-3)17-12-8-6-11(7-9-12)15(18)19/h11-14,17H,4-10H2,1-3H3,(H,18,19). The van der Waals surface area contributed by atoms with Crippen LogP contribution in [0.4, 0.5) is 0 Å².